The van der Waals surface area contributed by atoms with Crippen molar-refractivity contribution in [3.63, 3.8) is 0 Å². The topological polar surface area (TPSA) is 44.7 Å². The smallest absolute Gasteiger partial charge is 0.0897 e. The van der Waals surface area contributed by atoms with Crippen LogP contribution in [0.15, 0.2) is 24.3 Å². The number of ether oxygens (including phenoxy) is 1. The molecule has 1 aromatic carbocycles. The van der Waals surface area contributed by atoms with Crippen LogP contribution in [0.25, 0.3) is 0 Å². The van der Waals surface area contributed by atoms with Crippen molar-refractivity contribution in [1.82, 2.24) is 5.32 Å². The van der Waals surface area contributed by atoms with E-state index in [1.165, 1.54) is 43.6 Å². The molecule has 1 unspecified atom stereocenters. The van der Waals surface area contributed by atoms with Gasteiger partial charge >= 0.3 is 0 Å². The SMILES string of the molecule is COCC(O)CNCc1ccc(N2CCCCC2)cc1. The van der Waals surface area contributed by atoms with Gasteiger partial charge in [-0.05, 0) is 37.0 Å². The number of benzene rings is 1. The van der Waals surface area contributed by atoms with Crippen LogP contribution in [0.2, 0.25) is 0 Å². The average molecular weight is 278 g/mol. The molecule has 0 radical (unpaired) electrons. The van der Waals surface area contributed by atoms with Gasteiger partial charge in [0.05, 0.1) is 12.7 Å². The highest BCUT2D eigenvalue weighted by atomic mass is 16.5. The fraction of sp³-hybridized carbons (Fsp3) is 0.625. The van der Waals surface area contributed by atoms with Crippen LogP contribution in [0.5, 0.6) is 0 Å². The van der Waals surface area contributed by atoms with E-state index in [1.54, 1.807) is 7.11 Å². The van der Waals surface area contributed by atoms with Gasteiger partial charge in [0.2, 0.25) is 0 Å². The monoisotopic (exact) mass is 278 g/mol. The van der Waals surface area contributed by atoms with Crippen molar-refractivity contribution in [2.24, 2.45) is 0 Å². The van der Waals surface area contributed by atoms with E-state index in [2.05, 4.69) is 34.5 Å². The summed E-state index contributed by atoms with van der Waals surface area (Å²) in [5, 5.41) is 12.8. The molecule has 1 fully saturated rings. The lowest BCUT2D eigenvalue weighted by Crippen LogP contribution is -2.30. The first-order valence-electron chi connectivity index (χ1n) is 7.51. The molecule has 0 bridgehead atoms. The predicted molar refractivity (Wildman–Crippen MR) is 82.1 cm³/mol. The molecule has 0 saturated carbocycles. The van der Waals surface area contributed by atoms with E-state index in [9.17, 15) is 5.11 Å². The molecule has 1 aliphatic rings. The normalized spacial score (nSPS) is 17.2. The summed E-state index contributed by atoms with van der Waals surface area (Å²) < 4.78 is 4.89. The summed E-state index contributed by atoms with van der Waals surface area (Å²) in [5.41, 5.74) is 2.57. The number of anilines is 1. The quantitative estimate of drug-likeness (QED) is 0.798. The lowest BCUT2D eigenvalue weighted by Gasteiger charge is -2.28. The summed E-state index contributed by atoms with van der Waals surface area (Å²) in [6.45, 7) is 4.07. The number of hydrogen-bond acceptors (Lipinski definition) is 4. The number of nitrogens with one attached hydrogen (secondary N) is 1. The number of aliphatic hydroxyl groups excluding tert-OH is 1. The predicted octanol–water partition coefficient (Wildman–Crippen LogP) is 1.77. The first-order chi connectivity index (χ1) is 9.79. The Kier molecular flexibility index (Phi) is 6.30. The summed E-state index contributed by atoms with van der Waals surface area (Å²) in [6.07, 6.45) is 3.54. The van der Waals surface area contributed by atoms with Gasteiger partial charge in [0.15, 0.2) is 0 Å². The van der Waals surface area contributed by atoms with Gasteiger partial charge in [-0.1, -0.05) is 12.1 Å². The van der Waals surface area contributed by atoms with Crippen molar-refractivity contribution in [3.8, 4) is 0 Å². The molecular weight excluding hydrogens is 252 g/mol. The minimum atomic E-state index is -0.437. The molecular formula is C16H26N2O2. The Morgan fingerprint density at radius 2 is 1.90 bits per heavy atom. The molecule has 2 N–H and O–H groups in total. The molecule has 1 aliphatic heterocycles. The van der Waals surface area contributed by atoms with Crippen LogP contribution >= 0.6 is 0 Å². The van der Waals surface area contributed by atoms with Crippen LogP contribution in [-0.2, 0) is 11.3 Å². The van der Waals surface area contributed by atoms with Crippen LogP contribution < -0.4 is 10.2 Å². The van der Waals surface area contributed by atoms with Crippen LogP contribution in [-0.4, -0.2) is 44.6 Å². The van der Waals surface area contributed by atoms with Gasteiger partial charge in [-0.15, -0.1) is 0 Å². The minimum absolute atomic E-state index is 0.376. The number of rotatable bonds is 7. The average Bonchev–Trinajstić information content (AvgIpc) is 2.49. The second-order valence-corrected chi connectivity index (χ2v) is 5.45. The highest BCUT2D eigenvalue weighted by molar-refractivity contribution is 5.47. The molecule has 112 valence electrons. The van der Waals surface area contributed by atoms with Gasteiger partial charge in [-0.2, -0.15) is 0 Å². The van der Waals surface area contributed by atoms with E-state index < -0.39 is 6.10 Å². The molecule has 0 aromatic heterocycles. The zero-order valence-electron chi connectivity index (χ0n) is 12.3. The first kappa shape index (κ1) is 15.3. The number of aliphatic hydroxyl groups is 1. The molecule has 0 aliphatic carbocycles. The number of hydrogen-bond donors (Lipinski definition) is 2. The highest BCUT2D eigenvalue weighted by Crippen LogP contribution is 2.20. The standard InChI is InChI=1S/C16H26N2O2/c1-20-13-16(19)12-17-11-14-5-7-15(8-6-14)18-9-3-2-4-10-18/h5-8,16-17,19H,2-4,9-13H2,1H3. The molecule has 1 atom stereocenters. The molecule has 1 heterocycles. The second-order valence-electron chi connectivity index (χ2n) is 5.45. The first-order valence-corrected chi connectivity index (χ1v) is 7.51. The summed E-state index contributed by atoms with van der Waals surface area (Å²) in [6, 6.07) is 8.74. The van der Waals surface area contributed by atoms with Crippen molar-refractivity contribution >= 4 is 5.69 Å². The van der Waals surface area contributed by atoms with E-state index in [0.717, 1.165) is 6.54 Å². The Balaban J connectivity index is 1.76. The zero-order valence-corrected chi connectivity index (χ0v) is 12.3. The maximum absolute atomic E-state index is 9.55. The van der Waals surface area contributed by atoms with Crippen molar-refractivity contribution in [2.45, 2.75) is 31.9 Å². The Bertz CT molecular complexity index is 375. The van der Waals surface area contributed by atoms with E-state index in [-0.39, 0.29) is 0 Å². The van der Waals surface area contributed by atoms with Gasteiger partial charge < -0.3 is 20.1 Å². The van der Waals surface area contributed by atoms with E-state index >= 15 is 0 Å². The highest BCUT2D eigenvalue weighted by Gasteiger charge is 2.10. The van der Waals surface area contributed by atoms with Gasteiger partial charge in [0.1, 0.15) is 0 Å². The molecule has 4 nitrogen and oxygen atoms in total. The van der Waals surface area contributed by atoms with Crippen molar-refractivity contribution in [2.75, 3.05) is 38.3 Å². The molecule has 1 saturated heterocycles. The van der Waals surface area contributed by atoms with Gasteiger partial charge in [-0.25, -0.2) is 0 Å². The molecule has 20 heavy (non-hydrogen) atoms. The molecule has 0 amide bonds. The fourth-order valence-corrected chi connectivity index (χ4v) is 2.61. The maximum atomic E-state index is 9.55. The second kappa shape index (κ2) is 8.25. The van der Waals surface area contributed by atoms with Crippen LogP contribution in [0.1, 0.15) is 24.8 Å². The number of piperidine rings is 1. The molecule has 0 spiro atoms. The largest absolute Gasteiger partial charge is 0.389 e. The third-order valence-corrected chi connectivity index (χ3v) is 3.73. The minimum Gasteiger partial charge on any atom is -0.389 e. The van der Waals surface area contributed by atoms with Gasteiger partial charge in [0.25, 0.3) is 0 Å². The van der Waals surface area contributed by atoms with Gasteiger partial charge in [0, 0.05) is 39.0 Å². The summed E-state index contributed by atoms with van der Waals surface area (Å²) in [4.78, 5) is 2.46. The maximum Gasteiger partial charge on any atom is 0.0897 e. The fourth-order valence-electron chi connectivity index (χ4n) is 2.61. The lowest BCUT2D eigenvalue weighted by molar-refractivity contribution is 0.0644. The van der Waals surface area contributed by atoms with E-state index in [0.29, 0.717) is 13.2 Å². The summed E-state index contributed by atoms with van der Waals surface area (Å²) in [7, 11) is 1.60. The van der Waals surface area contributed by atoms with Crippen molar-refractivity contribution in [1.29, 1.82) is 0 Å². The Morgan fingerprint density at radius 1 is 1.20 bits per heavy atom. The number of methoxy groups -OCH3 is 1. The van der Waals surface area contributed by atoms with Crippen molar-refractivity contribution < 1.29 is 9.84 Å². The lowest BCUT2D eigenvalue weighted by atomic mass is 10.1. The summed E-state index contributed by atoms with van der Waals surface area (Å²) >= 11 is 0. The zero-order chi connectivity index (χ0) is 14.2. The Labute approximate surface area is 121 Å². The molecule has 1 aromatic rings. The van der Waals surface area contributed by atoms with E-state index in [4.69, 9.17) is 4.74 Å². The third-order valence-electron chi connectivity index (χ3n) is 3.73. The molecule has 4 heteroatoms. The molecule has 2 rings (SSSR count). The number of nitrogens with zero attached hydrogens (tertiary/aromatic N) is 1. The summed E-state index contributed by atoms with van der Waals surface area (Å²) in [5.74, 6) is 0. The van der Waals surface area contributed by atoms with Crippen molar-refractivity contribution in [3.05, 3.63) is 29.8 Å². The van der Waals surface area contributed by atoms with Crippen LogP contribution in [0.4, 0.5) is 5.69 Å². The Morgan fingerprint density at radius 3 is 2.55 bits per heavy atom. The van der Waals surface area contributed by atoms with E-state index in [1.807, 2.05) is 0 Å². The Hall–Kier alpha value is -1.10. The third kappa shape index (κ3) is 4.78. The van der Waals surface area contributed by atoms with Gasteiger partial charge in [-0.3, -0.25) is 0 Å². The van der Waals surface area contributed by atoms with Crippen LogP contribution in [0, 0.1) is 0 Å². The van der Waals surface area contributed by atoms with Crippen LogP contribution in [0.3, 0.4) is 0 Å².